The summed E-state index contributed by atoms with van der Waals surface area (Å²) in [5, 5.41) is 3.85. The van der Waals surface area contributed by atoms with E-state index in [4.69, 9.17) is 16.3 Å². The van der Waals surface area contributed by atoms with E-state index >= 15 is 0 Å². The molecule has 5 nitrogen and oxygen atoms in total. The van der Waals surface area contributed by atoms with E-state index in [1.165, 1.54) is 11.3 Å². The molecule has 8 heteroatoms. The highest BCUT2D eigenvalue weighted by Gasteiger charge is 2.12. The number of benzene rings is 3. The van der Waals surface area contributed by atoms with Crippen LogP contribution in [-0.2, 0) is 15.3 Å². The Kier molecular flexibility index (Phi) is 6.86. The Morgan fingerprint density at radius 2 is 1.74 bits per heavy atom. The summed E-state index contributed by atoms with van der Waals surface area (Å²) in [7, 11) is 0. The average Bonchev–Trinajstić information content (AvgIpc) is 3.19. The number of aromatic nitrogens is 1. The van der Waals surface area contributed by atoms with Crippen molar-refractivity contribution >= 4 is 61.9 Å². The summed E-state index contributed by atoms with van der Waals surface area (Å²) in [5.41, 5.74) is 2.28. The van der Waals surface area contributed by atoms with E-state index in [1.807, 2.05) is 60.7 Å². The lowest BCUT2D eigenvalue weighted by molar-refractivity contribution is -0.119. The SMILES string of the molecule is O=C(COC(=O)c1ccc(CSc2ccc(Cl)cc2)cc1)Nc1nc2ccccc2s1. The molecule has 0 saturated carbocycles. The molecule has 156 valence electrons. The number of nitrogens with zero attached hydrogens (tertiary/aromatic N) is 1. The Bertz CT molecular complexity index is 1170. The number of rotatable bonds is 7. The summed E-state index contributed by atoms with van der Waals surface area (Å²) in [5.74, 6) is -0.207. The maximum Gasteiger partial charge on any atom is 0.338 e. The van der Waals surface area contributed by atoms with E-state index in [0.717, 1.165) is 26.4 Å². The van der Waals surface area contributed by atoms with Gasteiger partial charge in [0.25, 0.3) is 5.91 Å². The summed E-state index contributed by atoms with van der Waals surface area (Å²) < 4.78 is 6.10. The third-order valence-corrected chi connectivity index (χ3v) is 6.57. The van der Waals surface area contributed by atoms with Gasteiger partial charge in [0.15, 0.2) is 11.7 Å². The van der Waals surface area contributed by atoms with E-state index in [1.54, 1.807) is 23.9 Å². The number of ether oxygens (including phenoxy) is 1. The highest BCUT2D eigenvalue weighted by Crippen LogP contribution is 2.26. The fraction of sp³-hybridized carbons (Fsp3) is 0.0870. The number of fused-ring (bicyclic) bond motifs is 1. The normalized spacial score (nSPS) is 10.7. The molecule has 1 aromatic heterocycles. The minimum absolute atomic E-state index is 0.372. The quantitative estimate of drug-likeness (QED) is 0.264. The van der Waals surface area contributed by atoms with Gasteiger partial charge in [-0.3, -0.25) is 10.1 Å². The molecule has 0 aliphatic rings. The number of carbonyl (C=O) groups is 2. The molecule has 0 fully saturated rings. The molecule has 4 aromatic rings. The number of carbonyl (C=O) groups excluding carboxylic acids is 2. The van der Waals surface area contributed by atoms with Crippen molar-refractivity contribution in [2.45, 2.75) is 10.6 Å². The molecule has 0 atom stereocenters. The number of halogens is 1. The van der Waals surface area contributed by atoms with Crippen LogP contribution in [0.4, 0.5) is 5.13 Å². The van der Waals surface area contributed by atoms with Crippen LogP contribution in [0.25, 0.3) is 10.2 Å². The summed E-state index contributed by atoms with van der Waals surface area (Å²) >= 11 is 8.95. The first-order chi connectivity index (χ1) is 15.1. The second-order valence-corrected chi connectivity index (χ2v) is 9.07. The molecule has 0 unspecified atom stereocenters. The van der Waals surface area contributed by atoms with Crippen molar-refractivity contribution < 1.29 is 14.3 Å². The molecular weight excluding hydrogens is 452 g/mol. The molecule has 0 saturated heterocycles. The standard InChI is InChI=1S/C23H17ClN2O3S2/c24-17-9-11-18(12-10-17)30-14-15-5-7-16(8-6-15)22(28)29-13-21(27)26-23-25-19-3-1-2-4-20(19)31-23/h1-12H,13-14H2,(H,25,26,27). The molecule has 0 spiro atoms. The minimum Gasteiger partial charge on any atom is -0.452 e. The number of hydrogen-bond acceptors (Lipinski definition) is 6. The maximum absolute atomic E-state index is 12.2. The topological polar surface area (TPSA) is 68.3 Å². The Labute approximate surface area is 192 Å². The summed E-state index contributed by atoms with van der Waals surface area (Å²) in [6.45, 7) is -0.372. The first-order valence-electron chi connectivity index (χ1n) is 9.37. The lowest BCUT2D eigenvalue weighted by atomic mass is 10.1. The van der Waals surface area contributed by atoms with Crippen LogP contribution in [-0.4, -0.2) is 23.5 Å². The third-order valence-electron chi connectivity index (χ3n) is 4.28. The Morgan fingerprint density at radius 3 is 2.48 bits per heavy atom. The summed E-state index contributed by atoms with van der Waals surface area (Å²) in [4.78, 5) is 29.8. The average molecular weight is 469 g/mol. The lowest BCUT2D eigenvalue weighted by Crippen LogP contribution is -2.20. The van der Waals surface area contributed by atoms with Crippen LogP contribution >= 0.6 is 34.7 Å². The molecule has 0 aliphatic carbocycles. The van der Waals surface area contributed by atoms with Gasteiger partial charge in [-0.05, 0) is 54.1 Å². The van der Waals surface area contributed by atoms with Crippen molar-refractivity contribution in [2.75, 3.05) is 11.9 Å². The molecule has 4 rings (SSSR count). The van der Waals surface area contributed by atoms with Gasteiger partial charge in [0.1, 0.15) is 0 Å². The molecule has 3 aromatic carbocycles. The number of esters is 1. The molecule has 0 aliphatic heterocycles. The predicted octanol–water partition coefficient (Wildman–Crippen LogP) is 6.04. The van der Waals surface area contributed by atoms with Crippen molar-refractivity contribution in [3.63, 3.8) is 0 Å². The largest absolute Gasteiger partial charge is 0.452 e. The Hall–Kier alpha value is -2.87. The highest BCUT2D eigenvalue weighted by molar-refractivity contribution is 7.98. The van der Waals surface area contributed by atoms with Gasteiger partial charge >= 0.3 is 5.97 Å². The molecule has 31 heavy (non-hydrogen) atoms. The van der Waals surface area contributed by atoms with Crippen molar-refractivity contribution in [1.82, 2.24) is 4.98 Å². The fourth-order valence-electron chi connectivity index (χ4n) is 2.73. The van der Waals surface area contributed by atoms with Gasteiger partial charge in [0.2, 0.25) is 0 Å². The second-order valence-electron chi connectivity index (χ2n) is 6.55. The van der Waals surface area contributed by atoms with Gasteiger partial charge in [-0.2, -0.15) is 0 Å². The number of nitrogens with one attached hydrogen (secondary N) is 1. The Morgan fingerprint density at radius 1 is 1.00 bits per heavy atom. The highest BCUT2D eigenvalue weighted by atomic mass is 35.5. The number of para-hydroxylation sites is 1. The molecule has 1 N–H and O–H groups in total. The van der Waals surface area contributed by atoms with Crippen LogP contribution in [0.2, 0.25) is 5.02 Å². The monoisotopic (exact) mass is 468 g/mol. The molecule has 1 amide bonds. The molecule has 0 bridgehead atoms. The van der Waals surface area contributed by atoms with Crippen LogP contribution in [0.5, 0.6) is 0 Å². The van der Waals surface area contributed by atoms with Crippen molar-refractivity contribution in [3.05, 3.63) is 88.9 Å². The van der Waals surface area contributed by atoms with E-state index in [9.17, 15) is 9.59 Å². The van der Waals surface area contributed by atoms with Gasteiger partial charge in [0.05, 0.1) is 15.8 Å². The van der Waals surface area contributed by atoms with Crippen LogP contribution in [0, 0.1) is 0 Å². The van der Waals surface area contributed by atoms with Crippen LogP contribution in [0.1, 0.15) is 15.9 Å². The number of amides is 1. The number of hydrogen-bond donors (Lipinski definition) is 1. The van der Waals surface area contributed by atoms with Crippen molar-refractivity contribution in [1.29, 1.82) is 0 Å². The smallest absolute Gasteiger partial charge is 0.338 e. The Balaban J connectivity index is 1.26. The zero-order chi connectivity index (χ0) is 21.6. The van der Waals surface area contributed by atoms with Gasteiger partial charge in [0, 0.05) is 15.7 Å². The van der Waals surface area contributed by atoms with Crippen LogP contribution in [0.15, 0.2) is 77.7 Å². The first kappa shape index (κ1) is 21.4. The van der Waals surface area contributed by atoms with E-state index < -0.39 is 11.9 Å². The van der Waals surface area contributed by atoms with E-state index in [-0.39, 0.29) is 6.61 Å². The fourth-order valence-corrected chi connectivity index (χ4v) is 4.59. The second kappa shape index (κ2) is 9.96. The van der Waals surface area contributed by atoms with Crippen LogP contribution < -0.4 is 5.32 Å². The van der Waals surface area contributed by atoms with Gasteiger partial charge < -0.3 is 4.74 Å². The zero-order valence-corrected chi connectivity index (χ0v) is 18.6. The van der Waals surface area contributed by atoms with E-state index in [0.29, 0.717) is 15.7 Å². The number of thiazole rings is 1. The predicted molar refractivity (Wildman–Crippen MR) is 126 cm³/mol. The van der Waals surface area contributed by atoms with Gasteiger partial charge in [-0.15, -0.1) is 11.8 Å². The summed E-state index contributed by atoms with van der Waals surface area (Å²) in [6, 6.07) is 22.4. The lowest BCUT2D eigenvalue weighted by Gasteiger charge is -2.06. The molecule has 0 radical (unpaired) electrons. The van der Waals surface area contributed by atoms with Gasteiger partial charge in [-0.1, -0.05) is 47.2 Å². The zero-order valence-electron chi connectivity index (χ0n) is 16.2. The minimum atomic E-state index is -0.545. The van der Waals surface area contributed by atoms with E-state index in [2.05, 4.69) is 10.3 Å². The third kappa shape index (κ3) is 5.85. The maximum atomic E-state index is 12.2. The molecule has 1 heterocycles. The number of thioether (sulfide) groups is 1. The molecular formula is C23H17ClN2O3S2. The summed E-state index contributed by atoms with van der Waals surface area (Å²) in [6.07, 6.45) is 0. The van der Waals surface area contributed by atoms with Crippen molar-refractivity contribution in [2.24, 2.45) is 0 Å². The first-order valence-corrected chi connectivity index (χ1v) is 11.5. The van der Waals surface area contributed by atoms with Crippen LogP contribution in [0.3, 0.4) is 0 Å². The number of anilines is 1. The van der Waals surface area contributed by atoms with Gasteiger partial charge in [-0.25, -0.2) is 9.78 Å². The van der Waals surface area contributed by atoms with Crippen molar-refractivity contribution in [3.8, 4) is 0 Å².